The molecule has 0 N–H and O–H groups in total. The van der Waals surface area contributed by atoms with Crippen molar-refractivity contribution in [3.8, 4) is 10.6 Å². The summed E-state index contributed by atoms with van der Waals surface area (Å²) in [5, 5.41) is 3.12. The molecule has 0 radical (unpaired) electrons. The zero-order valence-electron chi connectivity index (χ0n) is 11.1. The number of hydrogen-bond donors (Lipinski definition) is 0. The Morgan fingerprint density at radius 1 is 1.11 bits per heavy atom. The Balaban J connectivity index is 1.84. The van der Waals surface area contributed by atoms with Crippen LogP contribution < -0.4 is 0 Å². The van der Waals surface area contributed by atoms with Crippen molar-refractivity contribution in [2.24, 2.45) is 0 Å². The minimum atomic E-state index is 1.11. The van der Waals surface area contributed by atoms with Crippen LogP contribution in [0.5, 0.6) is 0 Å². The Morgan fingerprint density at radius 3 is 2.50 bits per heavy atom. The van der Waals surface area contributed by atoms with E-state index >= 15 is 0 Å². The summed E-state index contributed by atoms with van der Waals surface area (Å²) in [5.74, 6) is 0. The molecule has 3 heteroatoms. The van der Waals surface area contributed by atoms with Crippen LogP contribution in [0.4, 0.5) is 0 Å². The SMILES string of the molecule is CN(C)CCCCc1ccc(-c2nccs2)cc1. The van der Waals surface area contributed by atoms with Gasteiger partial charge in [-0.15, -0.1) is 11.3 Å². The largest absolute Gasteiger partial charge is 0.309 e. The van der Waals surface area contributed by atoms with E-state index in [-0.39, 0.29) is 0 Å². The van der Waals surface area contributed by atoms with Gasteiger partial charge in [-0.1, -0.05) is 24.3 Å². The van der Waals surface area contributed by atoms with Crippen LogP contribution in [0.25, 0.3) is 10.6 Å². The fourth-order valence-corrected chi connectivity index (χ4v) is 2.58. The highest BCUT2D eigenvalue weighted by molar-refractivity contribution is 7.13. The van der Waals surface area contributed by atoms with Gasteiger partial charge in [-0.25, -0.2) is 4.98 Å². The van der Waals surface area contributed by atoms with Crippen LogP contribution in [0, 0.1) is 0 Å². The monoisotopic (exact) mass is 260 g/mol. The third-order valence-corrected chi connectivity index (χ3v) is 3.78. The maximum Gasteiger partial charge on any atom is 0.123 e. The quantitative estimate of drug-likeness (QED) is 0.736. The van der Waals surface area contributed by atoms with Crippen LogP contribution in [0.15, 0.2) is 35.8 Å². The molecular formula is C15H20N2S. The molecule has 0 atom stereocenters. The topological polar surface area (TPSA) is 16.1 Å². The van der Waals surface area contributed by atoms with E-state index in [9.17, 15) is 0 Å². The highest BCUT2D eigenvalue weighted by Crippen LogP contribution is 2.22. The second kappa shape index (κ2) is 6.66. The molecular weight excluding hydrogens is 240 g/mol. The second-order valence-corrected chi connectivity index (χ2v) is 5.69. The first-order chi connectivity index (χ1) is 8.75. The number of hydrogen-bond acceptors (Lipinski definition) is 3. The van der Waals surface area contributed by atoms with Crippen LogP contribution in [-0.4, -0.2) is 30.5 Å². The van der Waals surface area contributed by atoms with E-state index in [1.54, 1.807) is 11.3 Å². The Labute approximate surface area is 113 Å². The van der Waals surface area contributed by atoms with Crippen molar-refractivity contribution in [1.82, 2.24) is 9.88 Å². The van der Waals surface area contributed by atoms with Crippen molar-refractivity contribution in [3.63, 3.8) is 0 Å². The molecule has 1 heterocycles. The van der Waals surface area contributed by atoms with Crippen LogP contribution >= 0.6 is 11.3 Å². The van der Waals surface area contributed by atoms with E-state index in [2.05, 4.69) is 48.2 Å². The molecule has 0 fully saturated rings. The minimum absolute atomic E-state index is 1.11. The predicted octanol–water partition coefficient (Wildman–Crippen LogP) is 3.69. The van der Waals surface area contributed by atoms with Crippen molar-refractivity contribution >= 4 is 11.3 Å². The Kier molecular flexibility index (Phi) is 4.90. The lowest BCUT2D eigenvalue weighted by molar-refractivity contribution is 0.394. The number of unbranched alkanes of at least 4 members (excludes halogenated alkanes) is 1. The number of thiazole rings is 1. The molecule has 96 valence electrons. The standard InChI is InChI=1S/C15H20N2S/c1-17(2)11-4-3-5-13-6-8-14(9-7-13)15-16-10-12-18-15/h6-10,12H,3-5,11H2,1-2H3. The van der Waals surface area contributed by atoms with Crippen LogP contribution in [0.3, 0.4) is 0 Å². The van der Waals surface area contributed by atoms with E-state index in [0.717, 1.165) is 5.01 Å². The molecule has 0 amide bonds. The summed E-state index contributed by atoms with van der Waals surface area (Å²) >= 11 is 1.69. The molecule has 1 aromatic carbocycles. The maximum absolute atomic E-state index is 4.32. The Hall–Kier alpha value is -1.19. The molecule has 1 aromatic heterocycles. The molecule has 0 saturated heterocycles. The van der Waals surface area contributed by atoms with Gasteiger partial charge in [-0.05, 0) is 45.5 Å². The molecule has 18 heavy (non-hydrogen) atoms. The summed E-state index contributed by atoms with van der Waals surface area (Å²) in [6, 6.07) is 8.82. The number of rotatable bonds is 6. The predicted molar refractivity (Wildman–Crippen MR) is 79.0 cm³/mol. The van der Waals surface area contributed by atoms with Crippen molar-refractivity contribution in [1.29, 1.82) is 0 Å². The lowest BCUT2D eigenvalue weighted by Crippen LogP contribution is -2.12. The summed E-state index contributed by atoms with van der Waals surface area (Å²) in [4.78, 5) is 6.57. The van der Waals surface area contributed by atoms with Crippen molar-refractivity contribution in [3.05, 3.63) is 41.4 Å². The molecule has 2 rings (SSSR count). The van der Waals surface area contributed by atoms with Gasteiger partial charge in [0.2, 0.25) is 0 Å². The van der Waals surface area contributed by atoms with Gasteiger partial charge in [-0.2, -0.15) is 0 Å². The summed E-state index contributed by atoms with van der Waals surface area (Å²) < 4.78 is 0. The molecule has 0 aliphatic rings. The van der Waals surface area contributed by atoms with E-state index in [1.807, 2.05) is 11.6 Å². The van der Waals surface area contributed by atoms with Crippen LogP contribution in [0.2, 0.25) is 0 Å². The van der Waals surface area contributed by atoms with Gasteiger partial charge < -0.3 is 4.90 Å². The van der Waals surface area contributed by atoms with Gasteiger partial charge in [0.25, 0.3) is 0 Å². The van der Waals surface area contributed by atoms with Gasteiger partial charge in [-0.3, -0.25) is 0 Å². The lowest BCUT2D eigenvalue weighted by atomic mass is 10.1. The smallest absolute Gasteiger partial charge is 0.123 e. The molecule has 2 aromatic rings. The van der Waals surface area contributed by atoms with Gasteiger partial charge in [0.15, 0.2) is 0 Å². The molecule has 0 unspecified atom stereocenters. The zero-order chi connectivity index (χ0) is 12.8. The number of nitrogens with zero attached hydrogens (tertiary/aromatic N) is 2. The Bertz CT molecular complexity index is 446. The molecule has 0 aliphatic carbocycles. The maximum atomic E-state index is 4.32. The average molecular weight is 260 g/mol. The molecule has 0 bridgehead atoms. The number of aromatic nitrogens is 1. The van der Waals surface area contributed by atoms with E-state index < -0.39 is 0 Å². The van der Waals surface area contributed by atoms with Gasteiger partial charge in [0.1, 0.15) is 5.01 Å². The van der Waals surface area contributed by atoms with Crippen molar-refractivity contribution in [2.45, 2.75) is 19.3 Å². The summed E-state index contributed by atoms with van der Waals surface area (Å²) in [6.45, 7) is 1.18. The molecule has 2 nitrogen and oxygen atoms in total. The van der Waals surface area contributed by atoms with Gasteiger partial charge in [0, 0.05) is 17.1 Å². The van der Waals surface area contributed by atoms with Crippen molar-refractivity contribution in [2.75, 3.05) is 20.6 Å². The van der Waals surface area contributed by atoms with E-state index in [1.165, 1.54) is 36.9 Å². The van der Waals surface area contributed by atoms with Gasteiger partial charge in [0.05, 0.1) is 0 Å². The first-order valence-corrected chi connectivity index (χ1v) is 7.27. The first kappa shape index (κ1) is 13.2. The summed E-state index contributed by atoms with van der Waals surface area (Å²) in [7, 11) is 4.26. The third kappa shape index (κ3) is 3.93. The summed E-state index contributed by atoms with van der Waals surface area (Å²) in [5.41, 5.74) is 2.65. The first-order valence-electron chi connectivity index (χ1n) is 6.39. The second-order valence-electron chi connectivity index (χ2n) is 4.79. The average Bonchev–Trinajstić information content (AvgIpc) is 2.89. The highest BCUT2D eigenvalue weighted by atomic mass is 32.1. The highest BCUT2D eigenvalue weighted by Gasteiger charge is 2.00. The van der Waals surface area contributed by atoms with Gasteiger partial charge >= 0.3 is 0 Å². The number of aryl methyl sites for hydroxylation is 1. The van der Waals surface area contributed by atoms with Crippen LogP contribution in [0.1, 0.15) is 18.4 Å². The normalized spacial score (nSPS) is 11.1. The van der Waals surface area contributed by atoms with Crippen molar-refractivity contribution < 1.29 is 0 Å². The minimum Gasteiger partial charge on any atom is -0.309 e. The number of benzene rings is 1. The third-order valence-electron chi connectivity index (χ3n) is 2.95. The Morgan fingerprint density at radius 2 is 1.89 bits per heavy atom. The molecule has 0 spiro atoms. The molecule has 0 aliphatic heterocycles. The lowest BCUT2D eigenvalue weighted by Gasteiger charge is -2.08. The van der Waals surface area contributed by atoms with E-state index in [4.69, 9.17) is 0 Å². The molecule has 0 saturated carbocycles. The van der Waals surface area contributed by atoms with Crippen LogP contribution in [-0.2, 0) is 6.42 Å². The zero-order valence-corrected chi connectivity index (χ0v) is 11.9. The van der Waals surface area contributed by atoms with E-state index in [0.29, 0.717) is 0 Å². The summed E-state index contributed by atoms with van der Waals surface area (Å²) in [6.07, 6.45) is 5.55. The fraction of sp³-hybridized carbons (Fsp3) is 0.400. The fourth-order valence-electron chi connectivity index (χ4n) is 1.94.